The Bertz CT molecular complexity index is 450. The van der Waals surface area contributed by atoms with Crippen LogP contribution in [0, 0.1) is 10.1 Å². The highest BCUT2D eigenvalue weighted by atomic mass is 16.6. The maximum Gasteiger partial charge on any atom is 0.269 e. The van der Waals surface area contributed by atoms with Gasteiger partial charge in [-0.3, -0.25) is 10.1 Å². The minimum absolute atomic E-state index is 0.0606. The van der Waals surface area contributed by atoms with Crippen molar-refractivity contribution in [1.29, 1.82) is 0 Å². The summed E-state index contributed by atoms with van der Waals surface area (Å²) in [4.78, 5) is 16.4. The lowest BCUT2D eigenvalue weighted by Crippen LogP contribution is -2.40. The van der Waals surface area contributed by atoms with Gasteiger partial charge < -0.3 is 10.6 Å². The normalized spacial score (nSPS) is 16.7. The van der Waals surface area contributed by atoms with Crippen LogP contribution in [0.2, 0.25) is 0 Å². The number of likely N-dealkylation sites (tertiary alicyclic amines) is 1. The summed E-state index contributed by atoms with van der Waals surface area (Å²) in [5.74, 6) is 0.489. The van der Waals surface area contributed by atoms with Crippen LogP contribution in [0.4, 0.5) is 11.4 Å². The molecule has 0 radical (unpaired) electrons. The molecule has 1 aromatic rings. The van der Waals surface area contributed by atoms with Crippen molar-refractivity contribution in [3.63, 3.8) is 0 Å². The van der Waals surface area contributed by atoms with Gasteiger partial charge in [-0.05, 0) is 31.4 Å². The highest BCUT2D eigenvalue weighted by Gasteiger charge is 2.12. The van der Waals surface area contributed by atoms with E-state index in [0.29, 0.717) is 11.6 Å². The molecule has 96 valence electrons. The van der Waals surface area contributed by atoms with E-state index < -0.39 is 4.92 Å². The molecule has 1 aromatic carbocycles. The van der Waals surface area contributed by atoms with E-state index >= 15 is 0 Å². The molecule has 18 heavy (non-hydrogen) atoms. The lowest BCUT2D eigenvalue weighted by atomic mass is 10.1. The highest BCUT2D eigenvalue weighted by Crippen LogP contribution is 2.18. The Morgan fingerprint density at radius 1 is 1.22 bits per heavy atom. The molecule has 0 amide bonds. The second-order valence-electron chi connectivity index (χ2n) is 4.29. The summed E-state index contributed by atoms with van der Waals surface area (Å²) < 4.78 is 0. The fourth-order valence-electron chi connectivity index (χ4n) is 1.97. The van der Waals surface area contributed by atoms with Gasteiger partial charge in [-0.2, -0.15) is 0 Å². The van der Waals surface area contributed by atoms with Crippen molar-refractivity contribution in [2.24, 2.45) is 10.7 Å². The van der Waals surface area contributed by atoms with Crippen LogP contribution >= 0.6 is 0 Å². The molecular formula is C12H16N4O2. The molecule has 0 aliphatic carbocycles. The summed E-state index contributed by atoms with van der Waals surface area (Å²) in [7, 11) is 0. The molecule has 0 atom stereocenters. The molecule has 0 aromatic heterocycles. The van der Waals surface area contributed by atoms with Gasteiger partial charge in [-0.1, -0.05) is 0 Å². The largest absolute Gasteiger partial charge is 0.369 e. The SMILES string of the molecule is NC(=Nc1ccc([N+](=O)[O-])cc1)N1CCCCC1. The maximum absolute atomic E-state index is 10.5. The van der Waals surface area contributed by atoms with E-state index in [9.17, 15) is 10.1 Å². The molecule has 1 aliphatic heterocycles. The molecule has 1 aliphatic rings. The summed E-state index contributed by atoms with van der Waals surface area (Å²) in [6, 6.07) is 6.08. The molecule has 0 spiro atoms. The van der Waals surface area contributed by atoms with Crippen LogP contribution in [-0.4, -0.2) is 28.9 Å². The Balaban J connectivity index is 2.08. The fraction of sp³-hybridized carbons (Fsp3) is 0.417. The van der Waals surface area contributed by atoms with Crippen molar-refractivity contribution in [2.45, 2.75) is 19.3 Å². The predicted molar refractivity (Wildman–Crippen MR) is 69.8 cm³/mol. The van der Waals surface area contributed by atoms with Gasteiger partial charge in [0, 0.05) is 25.2 Å². The third kappa shape index (κ3) is 2.97. The van der Waals surface area contributed by atoms with Gasteiger partial charge in [-0.25, -0.2) is 4.99 Å². The van der Waals surface area contributed by atoms with Crippen LogP contribution < -0.4 is 5.73 Å². The smallest absolute Gasteiger partial charge is 0.269 e. The zero-order valence-electron chi connectivity index (χ0n) is 10.1. The number of nitro benzene ring substituents is 1. The number of non-ortho nitro benzene ring substituents is 1. The first-order chi connectivity index (χ1) is 8.66. The first-order valence-electron chi connectivity index (χ1n) is 6.00. The van der Waals surface area contributed by atoms with Crippen molar-refractivity contribution >= 4 is 17.3 Å². The highest BCUT2D eigenvalue weighted by molar-refractivity contribution is 5.81. The van der Waals surface area contributed by atoms with E-state index in [1.165, 1.54) is 18.6 Å². The maximum atomic E-state index is 10.5. The molecule has 6 heteroatoms. The predicted octanol–water partition coefficient (Wildman–Crippen LogP) is 2.03. The number of rotatable bonds is 2. The number of nitrogens with two attached hydrogens (primary N) is 1. The average molecular weight is 248 g/mol. The minimum Gasteiger partial charge on any atom is -0.369 e. The van der Waals surface area contributed by atoms with Crippen molar-refractivity contribution in [3.8, 4) is 0 Å². The Labute approximate surface area is 105 Å². The summed E-state index contributed by atoms with van der Waals surface area (Å²) in [5.41, 5.74) is 6.62. The topological polar surface area (TPSA) is 84.8 Å². The van der Waals surface area contributed by atoms with Crippen LogP contribution in [0.25, 0.3) is 0 Å². The zero-order valence-corrected chi connectivity index (χ0v) is 10.1. The van der Waals surface area contributed by atoms with Gasteiger partial charge in [0.1, 0.15) is 0 Å². The molecule has 0 unspecified atom stereocenters. The van der Waals surface area contributed by atoms with E-state index in [4.69, 9.17) is 5.73 Å². The quantitative estimate of drug-likeness (QED) is 0.375. The lowest BCUT2D eigenvalue weighted by molar-refractivity contribution is -0.384. The van der Waals surface area contributed by atoms with Gasteiger partial charge in [0.15, 0.2) is 5.96 Å². The van der Waals surface area contributed by atoms with Gasteiger partial charge in [0.05, 0.1) is 10.6 Å². The van der Waals surface area contributed by atoms with Gasteiger partial charge in [-0.15, -0.1) is 0 Å². The molecular weight excluding hydrogens is 232 g/mol. The third-order valence-electron chi connectivity index (χ3n) is 2.98. The van der Waals surface area contributed by atoms with E-state index in [1.54, 1.807) is 12.1 Å². The van der Waals surface area contributed by atoms with Crippen LogP contribution in [0.1, 0.15) is 19.3 Å². The van der Waals surface area contributed by atoms with Crippen LogP contribution in [-0.2, 0) is 0 Å². The molecule has 0 saturated carbocycles. The molecule has 1 saturated heterocycles. The van der Waals surface area contributed by atoms with Crippen molar-refractivity contribution in [1.82, 2.24) is 4.90 Å². The third-order valence-corrected chi connectivity index (χ3v) is 2.98. The van der Waals surface area contributed by atoms with Gasteiger partial charge >= 0.3 is 0 Å². The van der Waals surface area contributed by atoms with E-state index in [1.807, 2.05) is 4.90 Å². The molecule has 2 rings (SSSR count). The summed E-state index contributed by atoms with van der Waals surface area (Å²) in [5, 5.41) is 10.5. The number of benzene rings is 1. The number of piperidine rings is 1. The second kappa shape index (κ2) is 5.48. The Morgan fingerprint density at radius 3 is 2.39 bits per heavy atom. The Hall–Kier alpha value is -2.11. The monoisotopic (exact) mass is 248 g/mol. The minimum atomic E-state index is -0.429. The molecule has 0 bridgehead atoms. The first kappa shape index (κ1) is 12.3. The van der Waals surface area contributed by atoms with Crippen molar-refractivity contribution < 1.29 is 4.92 Å². The van der Waals surface area contributed by atoms with Crippen LogP contribution in [0.15, 0.2) is 29.3 Å². The Kier molecular flexibility index (Phi) is 3.76. The Morgan fingerprint density at radius 2 is 1.83 bits per heavy atom. The number of nitrogens with zero attached hydrogens (tertiary/aromatic N) is 3. The number of hydrogen-bond donors (Lipinski definition) is 1. The average Bonchev–Trinajstić information content (AvgIpc) is 2.40. The van der Waals surface area contributed by atoms with Crippen LogP contribution in [0.5, 0.6) is 0 Å². The molecule has 1 fully saturated rings. The molecule has 6 nitrogen and oxygen atoms in total. The summed E-state index contributed by atoms with van der Waals surface area (Å²) in [6.07, 6.45) is 3.51. The lowest BCUT2D eigenvalue weighted by Gasteiger charge is -2.27. The van der Waals surface area contributed by atoms with Crippen molar-refractivity contribution in [3.05, 3.63) is 34.4 Å². The number of aliphatic imine (C=N–C) groups is 1. The number of guanidine groups is 1. The van der Waals surface area contributed by atoms with E-state index in [2.05, 4.69) is 4.99 Å². The van der Waals surface area contributed by atoms with Gasteiger partial charge in [0.25, 0.3) is 5.69 Å². The second-order valence-corrected chi connectivity index (χ2v) is 4.29. The van der Waals surface area contributed by atoms with E-state index in [-0.39, 0.29) is 5.69 Å². The van der Waals surface area contributed by atoms with Gasteiger partial charge in [0.2, 0.25) is 0 Å². The molecule has 1 heterocycles. The van der Waals surface area contributed by atoms with Crippen LogP contribution in [0.3, 0.4) is 0 Å². The van der Waals surface area contributed by atoms with Crippen molar-refractivity contribution in [2.75, 3.05) is 13.1 Å². The standard InChI is InChI=1S/C12H16N4O2/c13-12(15-8-2-1-3-9-15)14-10-4-6-11(7-5-10)16(17)18/h4-7H,1-3,8-9H2,(H2,13,14). The fourth-order valence-corrected chi connectivity index (χ4v) is 1.97. The molecule has 2 N–H and O–H groups in total. The number of hydrogen-bond acceptors (Lipinski definition) is 3. The zero-order chi connectivity index (χ0) is 13.0. The first-order valence-corrected chi connectivity index (χ1v) is 6.00. The summed E-state index contributed by atoms with van der Waals surface area (Å²) in [6.45, 7) is 1.87. The number of nitro groups is 1. The van der Waals surface area contributed by atoms with E-state index in [0.717, 1.165) is 25.9 Å². The summed E-state index contributed by atoms with van der Waals surface area (Å²) >= 11 is 0.